The van der Waals surface area contributed by atoms with Crippen molar-refractivity contribution in [2.45, 2.75) is 25.2 Å². The normalized spacial score (nSPS) is 21.4. The maximum absolute atomic E-state index is 13.0. The number of benzene rings is 1. The minimum absolute atomic E-state index is 0.00676. The Morgan fingerprint density at radius 3 is 2.44 bits per heavy atom. The van der Waals surface area contributed by atoms with Crippen LogP contribution in [0.1, 0.15) is 20.3 Å². The maximum atomic E-state index is 13.0. The summed E-state index contributed by atoms with van der Waals surface area (Å²) in [6.45, 7) is 3.91. The molecule has 18 heavy (non-hydrogen) atoms. The van der Waals surface area contributed by atoms with Gasteiger partial charge in [0.05, 0.1) is 5.69 Å². The lowest BCUT2D eigenvalue weighted by Gasteiger charge is -2.09. The van der Waals surface area contributed by atoms with Gasteiger partial charge in [-0.05, 0) is 24.0 Å². The Hall–Kier alpha value is -1.43. The topological polar surface area (TPSA) is 63.2 Å². The molecule has 2 rings (SSSR count). The molecule has 1 aromatic rings. The summed E-state index contributed by atoms with van der Waals surface area (Å²) in [7, 11) is -4.83. The van der Waals surface area contributed by atoms with E-state index in [4.69, 9.17) is 0 Å². The van der Waals surface area contributed by atoms with Gasteiger partial charge in [-0.1, -0.05) is 26.0 Å². The second kappa shape index (κ2) is 4.05. The molecule has 0 saturated heterocycles. The first-order chi connectivity index (χ1) is 8.22. The fraction of sp³-hybridized carbons (Fsp3) is 0.417. The molecule has 0 aromatic heterocycles. The van der Waals surface area contributed by atoms with Crippen LogP contribution in [-0.4, -0.2) is 14.3 Å². The number of hydrogen-bond acceptors (Lipinski definition) is 3. The molecule has 0 bridgehead atoms. The number of hydrogen-bond donors (Lipinski definition) is 1. The van der Waals surface area contributed by atoms with Gasteiger partial charge in [0.2, 0.25) is 5.91 Å². The summed E-state index contributed by atoms with van der Waals surface area (Å²) in [6, 6.07) is 5.45. The van der Waals surface area contributed by atoms with Crippen LogP contribution >= 0.6 is 0 Å². The number of rotatable bonds is 3. The highest BCUT2D eigenvalue weighted by Gasteiger charge is 2.50. The Morgan fingerprint density at radius 2 is 1.94 bits per heavy atom. The zero-order valence-electron chi connectivity index (χ0n) is 10.1. The molecule has 1 N–H and O–H groups in total. The molecule has 1 atom stereocenters. The molecule has 0 aliphatic heterocycles. The van der Waals surface area contributed by atoms with E-state index in [1.165, 1.54) is 12.1 Å². The van der Waals surface area contributed by atoms with Crippen LogP contribution in [0.4, 0.5) is 9.57 Å². The lowest BCUT2D eigenvalue weighted by atomic mass is 10.1. The number of para-hydroxylation sites is 1. The molecule has 0 radical (unpaired) electrons. The first kappa shape index (κ1) is 13.0. The van der Waals surface area contributed by atoms with Gasteiger partial charge in [-0.3, -0.25) is 4.79 Å². The fourth-order valence-electron chi connectivity index (χ4n) is 1.92. The second-order valence-electron chi connectivity index (χ2n) is 5.17. The van der Waals surface area contributed by atoms with E-state index in [2.05, 4.69) is 5.32 Å². The summed E-state index contributed by atoms with van der Waals surface area (Å²) < 4.78 is 34.9. The van der Waals surface area contributed by atoms with Crippen LogP contribution in [0.3, 0.4) is 0 Å². The predicted octanol–water partition coefficient (Wildman–Crippen LogP) is 2.33. The SMILES string of the molecule is CC1(C)CC1C(=O)Nc1ccccc1S(=O)(=O)F. The molecule has 0 spiro atoms. The Bertz CT molecular complexity index is 595. The second-order valence-corrected chi connectivity index (χ2v) is 6.48. The molecular weight excluding hydrogens is 257 g/mol. The van der Waals surface area contributed by atoms with Gasteiger partial charge in [0.25, 0.3) is 0 Å². The zero-order valence-corrected chi connectivity index (χ0v) is 10.9. The highest BCUT2D eigenvalue weighted by atomic mass is 32.3. The van der Waals surface area contributed by atoms with Crippen LogP contribution in [0.15, 0.2) is 29.2 Å². The van der Waals surface area contributed by atoms with Gasteiger partial charge >= 0.3 is 10.2 Å². The van der Waals surface area contributed by atoms with E-state index in [0.29, 0.717) is 0 Å². The van der Waals surface area contributed by atoms with Crippen LogP contribution in [0.25, 0.3) is 0 Å². The fourth-order valence-corrected chi connectivity index (χ4v) is 2.54. The number of halogens is 1. The van der Waals surface area contributed by atoms with Crippen LogP contribution in [0, 0.1) is 11.3 Å². The lowest BCUT2D eigenvalue weighted by Crippen LogP contribution is -2.17. The Balaban J connectivity index is 2.23. The summed E-state index contributed by atoms with van der Waals surface area (Å²) in [5.74, 6) is -0.413. The first-order valence-electron chi connectivity index (χ1n) is 5.56. The summed E-state index contributed by atoms with van der Waals surface area (Å²) in [5.41, 5.74) is -0.0686. The van der Waals surface area contributed by atoms with Crippen LogP contribution in [0.2, 0.25) is 0 Å². The molecule has 1 aliphatic rings. The van der Waals surface area contributed by atoms with Gasteiger partial charge < -0.3 is 5.32 Å². The summed E-state index contributed by atoms with van der Waals surface area (Å²) in [4.78, 5) is 11.3. The zero-order chi connectivity index (χ0) is 13.6. The van der Waals surface area contributed by atoms with E-state index in [1.54, 1.807) is 6.07 Å². The Morgan fingerprint density at radius 1 is 1.39 bits per heavy atom. The van der Waals surface area contributed by atoms with Crippen molar-refractivity contribution in [2.75, 3.05) is 5.32 Å². The molecule has 98 valence electrons. The van der Waals surface area contributed by atoms with E-state index in [1.807, 2.05) is 13.8 Å². The average Bonchev–Trinajstić information content (AvgIpc) is 2.87. The minimum Gasteiger partial charge on any atom is -0.325 e. The summed E-state index contributed by atoms with van der Waals surface area (Å²) in [5, 5.41) is 2.48. The summed E-state index contributed by atoms with van der Waals surface area (Å²) in [6.07, 6.45) is 0.753. The van der Waals surface area contributed by atoms with Crippen molar-refractivity contribution in [3.8, 4) is 0 Å². The quantitative estimate of drug-likeness (QED) is 0.858. The third-order valence-electron chi connectivity index (χ3n) is 3.24. The van der Waals surface area contributed by atoms with Crippen molar-refractivity contribution in [3.05, 3.63) is 24.3 Å². The smallest absolute Gasteiger partial charge is 0.325 e. The van der Waals surface area contributed by atoms with E-state index < -0.39 is 15.1 Å². The predicted molar refractivity (Wildman–Crippen MR) is 65.3 cm³/mol. The van der Waals surface area contributed by atoms with Crippen LogP contribution in [0.5, 0.6) is 0 Å². The number of amides is 1. The number of carbonyl (C=O) groups excluding carboxylic acids is 1. The van der Waals surface area contributed by atoms with Gasteiger partial charge in [-0.15, -0.1) is 3.89 Å². The van der Waals surface area contributed by atoms with Crippen molar-refractivity contribution in [3.63, 3.8) is 0 Å². The monoisotopic (exact) mass is 271 g/mol. The van der Waals surface area contributed by atoms with Crippen LogP contribution in [-0.2, 0) is 15.0 Å². The molecule has 6 heteroatoms. The highest BCUT2D eigenvalue weighted by Crippen LogP contribution is 2.52. The van der Waals surface area contributed by atoms with Gasteiger partial charge in [-0.25, -0.2) is 0 Å². The van der Waals surface area contributed by atoms with E-state index in [-0.39, 0.29) is 22.9 Å². The molecule has 1 aliphatic carbocycles. The van der Waals surface area contributed by atoms with Gasteiger partial charge in [0.15, 0.2) is 0 Å². The van der Waals surface area contributed by atoms with Crippen molar-refractivity contribution in [1.29, 1.82) is 0 Å². The molecule has 1 aromatic carbocycles. The Labute approximate surface area is 105 Å². The molecule has 4 nitrogen and oxygen atoms in total. The minimum atomic E-state index is -4.83. The maximum Gasteiger partial charge on any atom is 0.334 e. The van der Waals surface area contributed by atoms with Crippen molar-refractivity contribution < 1.29 is 17.1 Å². The lowest BCUT2D eigenvalue weighted by molar-refractivity contribution is -0.118. The molecule has 0 heterocycles. The van der Waals surface area contributed by atoms with Crippen LogP contribution < -0.4 is 5.32 Å². The standard InChI is InChI=1S/C12H14FNO3S/c1-12(2)7-8(12)11(15)14-9-5-3-4-6-10(9)18(13,16)17/h3-6,8H,7H2,1-2H3,(H,14,15). The number of carbonyl (C=O) groups is 1. The van der Waals surface area contributed by atoms with Crippen molar-refractivity contribution in [2.24, 2.45) is 11.3 Å². The molecule has 1 unspecified atom stereocenters. The molecule has 1 amide bonds. The average molecular weight is 271 g/mol. The number of anilines is 1. The van der Waals surface area contributed by atoms with E-state index in [9.17, 15) is 17.1 Å². The molecular formula is C12H14FNO3S. The third-order valence-corrected chi connectivity index (χ3v) is 4.12. The van der Waals surface area contributed by atoms with Gasteiger partial charge in [-0.2, -0.15) is 8.42 Å². The highest BCUT2D eigenvalue weighted by molar-refractivity contribution is 7.86. The molecule has 1 saturated carbocycles. The van der Waals surface area contributed by atoms with Gasteiger partial charge in [0.1, 0.15) is 4.90 Å². The van der Waals surface area contributed by atoms with E-state index >= 15 is 0 Å². The van der Waals surface area contributed by atoms with Gasteiger partial charge in [0, 0.05) is 5.92 Å². The third kappa shape index (κ3) is 2.53. The molecule has 1 fully saturated rings. The number of nitrogens with one attached hydrogen (secondary N) is 1. The first-order valence-corrected chi connectivity index (χ1v) is 6.95. The van der Waals surface area contributed by atoms with Crippen molar-refractivity contribution >= 4 is 21.8 Å². The van der Waals surface area contributed by atoms with Crippen molar-refractivity contribution in [1.82, 2.24) is 0 Å². The van der Waals surface area contributed by atoms with E-state index in [0.717, 1.165) is 12.5 Å². The largest absolute Gasteiger partial charge is 0.334 e. The summed E-state index contributed by atoms with van der Waals surface area (Å²) >= 11 is 0. The Kier molecular flexibility index (Phi) is 2.93.